The molecule has 19 heavy (non-hydrogen) atoms. The van der Waals surface area contributed by atoms with E-state index in [0.717, 1.165) is 12.8 Å². The topological polar surface area (TPSA) is 29.1 Å². The standard InChI is InChI=1S/C15H19BrFNO/c1-15(7-3-2-4-8-15)10-18-14(19)12-9-11(16)5-6-13(12)17/h5-6,9H,2-4,7-8,10H2,1H3,(H,18,19). The highest BCUT2D eigenvalue weighted by atomic mass is 79.9. The quantitative estimate of drug-likeness (QED) is 0.881. The molecule has 1 aromatic rings. The van der Waals surface area contributed by atoms with Gasteiger partial charge in [-0.2, -0.15) is 0 Å². The van der Waals surface area contributed by atoms with Gasteiger partial charge in [0.15, 0.2) is 0 Å². The van der Waals surface area contributed by atoms with E-state index in [1.54, 1.807) is 6.07 Å². The SMILES string of the molecule is CC1(CNC(=O)c2cc(Br)ccc2F)CCCCC1. The lowest BCUT2D eigenvalue weighted by molar-refractivity contribution is 0.0915. The highest BCUT2D eigenvalue weighted by Crippen LogP contribution is 2.35. The molecule has 1 aromatic carbocycles. The Labute approximate surface area is 121 Å². The van der Waals surface area contributed by atoms with Gasteiger partial charge in [0.1, 0.15) is 5.82 Å². The third kappa shape index (κ3) is 3.78. The van der Waals surface area contributed by atoms with Gasteiger partial charge in [0.05, 0.1) is 5.56 Å². The van der Waals surface area contributed by atoms with Crippen molar-refractivity contribution in [2.24, 2.45) is 5.41 Å². The van der Waals surface area contributed by atoms with Gasteiger partial charge in [-0.25, -0.2) is 4.39 Å². The molecule has 0 bridgehead atoms. The average molecular weight is 328 g/mol. The highest BCUT2D eigenvalue weighted by Gasteiger charge is 2.27. The van der Waals surface area contributed by atoms with Gasteiger partial charge in [-0.3, -0.25) is 4.79 Å². The summed E-state index contributed by atoms with van der Waals surface area (Å²) in [6, 6.07) is 4.42. The molecule has 0 aliphatic heterocycles. The molecule has 1 aliphatic carbocycles. The lowest BCUT2D eigenvalue weighted by Crippen LogP contribution is -2.37. The van der Waals surface area contributed by atoms with Gasteiger partial charge in [-0.1, -0.05) is 42.1 Å². The van der Waals surface area contributed by atoms with Crippen LogP contribution in [0, 0.1) is 11.2 Å². The number of halogens is 2. The first-order valence-corrected chi connectivity index (χ1v) is 7.53. The molecule has 0 saturated heterocycles. The van der Waals surface area contributed by atoms with Gasteiger partial charge in [-0.15, -0.1) is 0 Å². The van der Waals surface area contributed by atoms with E-state index in [1.807, 2.05) is 0 Å². The zero-order valence-electron chi connectivity index (χ0n) is 11.1. The van der Waals surface area contributed by atoms with Crippen LogP contribution in [0.4, 0.5) is 4.39 Å². The summed E-state index contributed by atoms with van der Waals surface area (Å²) >= 11 is 3.26. The van der Waals surface area contributed by atoms with Gasteiger partial charge in [0.2, 0.25) is 0 Å². The Balaban J connectivity index is 1.99. The maximum absolute atomic E-state index is 13.6. The van der Waals surface area contributed by atoms with Crippen molar-refractivity contribution >= 4 is 21.8 Å². The Morgan fingerprint density at radius 3 is 2.74 bits per heavy atom. The minimum absolute atomic E-state index is 0.105. The summed E-state index contributed by atoms with van der Waals surface area (Å²) in [6.45, 7) is 2.82. The number of benzene rings is 1. The lowest BCUT2D eigenvalue weighted by Gasteiger charge is -2.33. The molecule has 4 heteroatoms. The molecule has 1 N–H and O–H groups in total. The Bertz CT molecular complexity index is 469. The molecule has 2 rings (SSSR count). The summed E-state index contributed by atoms with van der Waals surface area (Å²) in [4.78, 5) is 12.0. The molecular weight excluding hydrogens is 309 g/mol. The number of rotatable bonds is 3. The maximum atomic E-state index is 13.6. The van der Waals surface area contributed by atoms with E-state index in [9.17, 15) is 9.18 Å². The molecule has 104 valence electrons. The van der Waals surface area contributed by atoms with Crippen LogP contribution < -0.4 is 5.32 Å². The van der Waals surface area contributed by atoms with Gasteiger partial charge >= 0.3 is 0 Å². The van der Waals surface area contributed by atoms with Crippen molar-refractivity contribution in [3.63, 3.8) is 0 Å². The van der Waals surface area contributed by atoms with Crippen molar-refractivity contribution in [2.75, 3.05) is 6.54 Å². The minimum atomic E-state index is -0.477. The molecule has 2 nitrogen and oxygen atoms in total. The van der Waals surface area contributed by atoms with Crippen molar-refractivity contribution < 1.29 is 9.18 Å². The average Bonchev–Trinajstić information content (AvgIpc) is 2.40. The Morgan fingerprint density at radius 2 is 2.05 bits per heavy atom. The van der Waals surface area contributed by atoms with E-state index in [-0.39, 0.29) is 16.9 Å². The van der Waals surface area contributed by atoms with E-state index in [2.05, 4.69) is 28.2 Å². The molecule has 0 radical (unpaired) electrons. The summed E-state index contributed by atoms with van der Waals surface area (Å²) < 4.78 is 14.3. The first-order valence-electron chi connectivity index (χ1n) is 6.73. The number of carbonyl (C=O) groups is 1. The van der Waals surface area contributed by atoms with Crippen LogP contribution in [0.25, 0.3) is 0 Å². The molecule has 0 atom stereocenters. The molecular formula is C15H19BrFNO. The van der Waals surface area contributed by atoms with Crippen LogP contribution in [0.1, 0.15) is 49.4 Å². The molecule has 1 saturated carbocycles. The first-order chi connectivity index (χ1) is 9.00. The van der Waals surface area contributed by atoms with Gasteiger partial charge in [-0.05, 0) is 36.5 Å². The third-order valence-electron chi connectivity index (χ3n) is 3.91. The molecule has 1 aliphatic rings. The molecule has 0 spiro atoms. The summed E-state index contributed by atoms with van der Waals surface area (Å²) in [5.41, 5.74) is 0.268. The van der Waals surface area contributed by atoms with Gasteiger partial charge in [0, 0.05) is 11.0 Å². The molecule has 0 aromatic heterocycles. The second kappa shape index (κ2) is 6.04. The monoisotopic (exact) mass is 327 g/mol. The van der Waals surface area contributed by atoms with E-state index in [0.29, 0.717) is 11.0 Å². The largest absolute Gasteiger partial charge is 0.351 e. The van der Waals surface area contributed by atoms with E-state index in [1.165, 1.54) is 31.4 Å². The molecule has 0 unspecified atom stereocenters. The van der Waals surface area contributed by atoms with Crippen LogP contribution >= 0.6 is 15.9 Å². The van der Waals surface area contributed by atoms with Crippen molar-refractivity contribution in [1.82, 2.24) is 5.32 Å². The van der Waals surface area contributed by atoms with E-state index in [4.69, 9.17) is 0 Å². The van der Waals surface area contributed by atoms with Crippen LogP contribution in [-0.2, 0) is 0 Å². The number of carbonyl (C=O) groups excluding carboxylic acids is 1. The summed E-state index contributed by atoms with van der Waals surface area (Å²) in [7, 11) is 0. The van der Waals surface area contributed by atoms with Gasteiger partial charge in [0.25, 0.3) is 5.91 Å². The molecule has 1 fully saturated rings. The fourth-order valence-corrected chi connectivity index (χ4v) is 3.00. The van der Waals surface area contributed by atoms with Crippen molar-refractivity contribution in [3.8, 4) is 0 Å². The lowest BCUT2D eigenvalue weighted by atomic mass is 9.76. The van der Waals surface area contributed by atoms with E-state index >= 15 is 0 Å². The third-order valence-corrected chi connectivity index (χ3v) is 4.40. The molecule has 0 heterocycles. The Morgan fingerprint density at radius 1 is 1.37 bits per heavy atom. The fraction of sp³-hybridized carbons (Fsp3) is 0.533. The minimum Gasteiger partial charge on any atom is -0.351 e. The van der Waals surface area contributed by atoms with Crippen LogP contribution in [0.3, 0.4) is 0 Å². The highest BCUT2D eigenvalue weighted by molar-refractivity contribution is 9.10. The predicted octanol–water partition coefficient (Wildman–Crippen LogP) is 4.29. The van der Waals surface area contributed by atoms with Gasteiger partial charge < -0.3 is 5.32 Å². The fourth-order valence-electron chi connectivity index (χ4n) is 2.64. The summed E-state index contributed by atoms with van der Waals surface area (Å²) in [5.74, 6) is -0.805. The zero-order valence-corrected chi connectivity index (χ0v) is 12.7. The normalized spacial score (nSPS) is 18.1. The summed E-state index contributed by atoms with van der Waals surface area (Å²) in [5, 5.41) is 2.88. The van der Waals surface area contributed by atoms with Crippen molar-refractivity contribution in [1.29, 1.82) is 0 Å². The van der Waals surface area contributed by atoms with Crippen molar-refractivity contribution in [3.05, 3.63) is 34.1 Å². The second-order valence-electron chi connectivity index (χ2n) is 5.68. The van der Waals surface area contributed by atoms with Crippen LogP contribution in [0.5, 0.6) is 0 Å². The maximum Gasteiger partial charge on any atom is 0.254 e. The predicted molar refractivity (Wildman–Crippen MR) is 77.6 cm³/mol. The smallest absolute Gasteiger partial charge is 0.254 e. The number of hydrogen-bond donors (Lipinski definition) is 1. The number of amides is 1. The first kappa shape index (κ1) is 14.5. The van der Waals surface area contributed by atoms with E-state index < -0.39 is 5.82 Å². The van der Waals surface area contributed by atoms with Crippen LogP contribution in [0.2, 0.25) is 0 Å². The molecule has 1 amide bonds. The summed E-state index contributed by atoms with van der Waals surface area (Å²) in [6.07, 6.45) is 5.99. The van der Waals surface area contributed by atoms with Crippen LogP contribution in [-0.4, -0.2) is 12.5 Å². The number of nitrogens with one attached hydrogen (secondary N) is 1. The Kier molecular flexibility index (Phi) is 4.61. The number of hydrogen-bond acceptors (Lipinski definition) is 1. The zero-order chi connectivity index (χ0) is 13.9. The van der Waals surface area contributed by atoms with Crippen molar-refractivity contribution in [2.45, 2.75) is 39.0 Å². The second-order valence-corrected chi connectivity index (χ2v) is 6.59. The Hall–Kier alpha value is -0.900. The van der Waals surface area contributed by atoms with Crippen LogP contribution in [0.15, 0.2) is 22.7 Å².